The van der Waals surface area contributed by atoms with Crippen LogP contribution in [-0.4, -0.2) is 48.6 Å². The van der Waals surface area contributed by atoms with Gasteiger partial charge in [-0.1, -0.05) is 5.21 Å². The Bertz CT molecular complexity index is 527. The van der Waals surface area contributed by atoms with Gasteiger partial charge in [-0.3, -0.25) is 5.10 Å². The van der Waals surface area contributed by atoms with E-state index < -0.39 is 17.9 Å². The number of carboxylic acid groups (broad SMARTS) is 3. The van der Waals surface area contributed by atoms with Crippen LogP contribution in [0.4, 0.5) is 0 Å². The van der Waals surface area contributed by atoms with Crippen LogP contribution in [0.1, 0.15) is 31.1 Å². The van der Waals surface area contributed by atoms with Crippen LogP contribution in [0.5, 0.6) is 0 Å². The second kappa shape index (κ2) is 6.64. The van der Waals surface area contributed by atoms with E-state index in [0.29, 0.717) is 0 Å². The van der Waals surface area contributed by atoms with Gasteiger partial charge in [-0.15, -0.1) is 5.10 Å². The standard InChI is InChI=1S/C9H6O6.C2H3N3/c10-7(11)4-1-5(8(12)13)3-6(2-4)9(14)15;1-2-4-5-3-1/h1-3H,(H,10,11)(H,12,13)(H,14,15);1-2H,(H,3,4,5). The molecule has 9 nitrogen and oxygen atoms in total. The predicted molar refractivity (Wildman–Crippen MR) is 63.7 cm³/mol. The van der Waals surface area contributed by atoms with E-state index >= 15 is 0 Å². The molecule has 1 heterocycles. The molecule has 0 atom stereocenters. The first-order valence-electron chi connectivity index (χ1n) is 5.07. The van der Waals surface area contributed by atoms with Crippen molar-refractivity contribution in [3.8, 4) is 0 Å². The van der Waals surface area contributed by atoms with Crippen molar-refractivity contribution < 1.29 is 29.7 Å². The summed E-state index contributed by atoms with van der Waals surface area (Å²) in [5.74, 6) is -4.12. The minimum absolute atomic E-state index is 0.368. The molecule has 0 radical (unpaired) electrons. The van der Waals surface area contributed by atoms with Crippen molar-refractivity contribution >= 4 is 17.9 Å². The number of carbonyl (C=O) groups is 3. The topological polar surface area (TPSA) is 153 Å². The number of aromatic amines is 1. The van der Waals surface area contributed by atoms with Gasteiger partial charge in [0.25, 0.3) is 0 Å². The van der Waals surface area contributed by atoms with Gasteiger partial charge >= 0.3 is 17.9 Å². The second-order valence-corrected chi connectivity index (χ2v) is 3.37. The molecule has 0 amide bonds. The Hall–Kier alpha value is -3.23. The smallest absolute Gasteiger partial charge is 0.335 e. The molecule has 2 rings (SSSR count). The van der Waals surface area contributed by atoms with Crippen molar-refractivity contribution in [2.75, 3.05) is 0 Å². The lowest BCUT2D eigenvalue weighted by Gasteiger charge is -2.00. The summed E-state index contributed by atoms with van der Waals surface area (Å²) in [5.41, 5.74) is -1.10. The molecule has 9 heteroatoms. The van der Waals surface area contributed by atoms with E-state index in [1.54, 1.807) is 12.4 Å². The minimum atomic E-state index is -1.37. The molecule has 20 heavy (non-hydrogen) atoms. The first-order valence-corrected chi connectivity index (χ1v) is 5.07. The number of hydrogen-bond acceptors (Lipinski definition) is 5. The quantitative estimate of drug-likeness (QED) is 0.636. The fourth-order valence-electron chi connectivity index (χ4n) is 1.16. The highest BCUT2D eigenvalue weighted by atomic mass is 16.4. The van der Waals surface area contributed by atoms with Crippen LogP contribution < -0.4 is 0 Å². The van der Waals surface area contributed by atoms with E-state index in [1.165, 1.54) is 0 Å². The van der Waals surface area contributed by atoms with Crippen LogP contribution in [0, 0.1) is 0 Å². The summed E-state index contributed by atoms with van der Waals surface area (Å²) in [6, 6.07) is 2.70. The Morgan fingerprint density at radius 2 is 1.25 bits per heavy atom. The SMILES string of the molecule is O=C(O)c1cc(C(=O)O)cc(C(=O)O)c1.c1c[nH]nn1. The molecule has 0 spiro atoms. The number of nitrogens with zero attached hydrogens (tertiary/aromatic N) is 2. The lowest BCUT2D eigenvalue weighted by atomic mass is 10.1. The van der Waals surface area contributed by atoms with E-state index in [-0.39, 0.29) is 16.7 Å². The minimum Gasteiger partial charge on any atom is -0.478 e. The monoisotopic (exact) mass is 279 g/mol. The van der Waals surface area contributed by atoms with Gasteiger partial charge in [-0.2, -0.15) is 0 Å². The molecule has 1 aromatic heterocycles. The Kier molecular flexibility index (Phi) is 4.92. The van der Waals surface area contributed by atoms with Crippen LogP contribution >= 0.6 is 0 Å². The summed E-state index contributed by atoms with van der Waals surface area (Å²) in [4.78, 5) is 31.7. The normalized spacial score (nSPS) is 9.20. The lowest BCUT2D eigenvalue weighted by Crippen LogP contribution is -2.07. The summed E-state index contributed by atoms with van der Waals surface area (Å²) in [7, 11) is 0. The maximum atomic E-state index is 10.6. The van der Waals surface area contributed by atoms with E-state index in [9.17, 15) is 14.4 Å². The highest BCUT2D eigenvalue weighted by Crippen LogP contribution is 2.11. The lowest BCUT2D eigenvalue weighted by molar-refractivity contribution is 0.0696. The Balaban J connectivity index is 0.000000333. The third kappa shape index (κ3) is 4.22. The molecule has 0 aliphatic rings. The maximum absolute atomic E-state index is 10.6. The van der Waals surface area contributed by atoms with Crippen LogP contribution in [-0.2, 0) is 0 Å². The Morgan fingerprint density at radius 1 is 0.850 bits per heavy atom. The number of benzene rings is 1. The maximum Gasteiger partial charge on any atom is 0.335 e. The number of rotatable bonds is 3. The van der Waals surface area contributed by atoms with Gasteiger partial charge in [0, 0.05) is 6.20 Å². The molecular weight excluding hydrogens is 270 g/mol. The average Bonchev–Trinajstić information content (AvgIpc) is 2.97. The highest BCUT2D eigenvalue weighted by Gasteiger charge is 2.14. The van der Waals surface area contributed by atoms with Gasteiger partial charge in [-0.05, 0) is 18.2 Å². The predicted octanol–water partition coefficient (Wildman–Crippen LogP) is 0.586. The zero-order chi connectivity index (χ0) is 15.1. The van der Waals surface area contributed by atoms with Gasteiger partial charge in [0.2, 0.25) is 0 Å². The summed E-state index contributed by atoms with van der Waals surface area (Å²) < 4.78 is 0. The van der Waals surface area contributed by atoms with E-state index in [2.05, 4.69) is 15.4 Å². The van der Waals surface area contributed by atoms with Crippen molar-refractivity contribution in [2.45, 2.75) is 0 Å². The number of nitrogens with one attached hydrogen (secondary N) is 1. The first kappa shape index (κ1) is 14.8. The van der Waals surface area contributed by atoms with Crippen LogP contribution in [0.2, 0.25) is 0 Å². The van der Waals surface area contributed by atoms with Gasteiger partial charge in [-0.25, -0.2) is 14.4 Å². The highest BCUT2D eigenvalue weighted by molar-refractivity contribution is 5.98. The van der Waals surface area contributed by atoms with Crippen LogP contribution in [0.3, 0.4) is 0 Å². The molecule has 0 aliphatic heterocycles. The van der Waals surface area contributed by atoms with Crippen molar-refractivity contribution in [3.63, 3.8) is 0 Å². The molecule has 0 fully saturated rings. The van der Waals surface area contributed by atoms with Crippen molar-refractivity contribution in [1.29, 1.82) is 0 Å². The molecular formula is C11H9N3O6. The van der Waals surface area contributed by atoms with Crippen molar-refractivity contribution in [1.82, 2.24) is 15.4 Å². The van der Waals surface area contributed by atoms with Gasteiger partial charge in [0.15, 0.2) is 0 Å². The van der Waals surface area contributed by atoms with Gasteiger partial charge in [0.1, 0.15) is 0 Å². The number of hydrogen-bond donors (Lipinski definition) is 4. The Labute approximate surface area is 111 Å². The largest absolute Gasteiger partial charge is 0.478 e. The molecule has 0 bridgehead atoms. The summed E-state index contributed by atoms with van der Waals surface area (Å²) >= 11 is 0. The van der Waals surface area contributed by atoms with E-state index in [0.717, 1.165) is 18.2 Å². The summed E-state index contributed by atoms with van der Waals surface area (Å²) in [5, 5.41) is 35.1. The van der Waals surface area contributed by atoms with E-state index in [1.807, 2.05) is 0 Å². The number of aromatic carboxylic acids is 3. The zero-order valence-corrected chi connectivity index (χ0v) is 9.85. The molecule has 0 unspecified atom stereocenters. The molecule has 4 N–H and O–H groups in total. The molecule has 1 aromatic carbocycles. The molecule has 2 aromatic rings. The van der Waals surface area contributed by atoms with Crippen LogP contribution in [0.15, 0.2) is 30.6 Å². The third-order valence-corrected chi connectivity index (χ3v) is 2.01. The fourth-order valence-corrected chi connectivity index (χ4v) is 1.16. The zero-order valence-electron chi connectivity index (χ0n) is 9.85. The molecule has 104 valence electrons. The molecule has 0 saturated carbocycles. The fraction of sp³-hybridized carbons (Fsp3) is 0. The number of H-pyrrole nitrogens is 1. The Morgan fingerprint density at radius 3 is 1.40 bits per heavy atom. The van der Waals surface area contributed by atoms with Gasteiger partial charge < -0.3 is 15.3 Å². The third-order valence-electron chi connectivity index (χ3n) is 2.01. The molecule has 0 saturated heterocycles. The van der Waals surface area contributed by atoms with Gasteiger partial charge in [0.05, 0.1) is 22.9 Å². The van der Waals surface area contributed by atoms with Crippen LogP contribution in [0.25, 0.3) is 0 Å². The summed E-state index contributed by atoms with van der Waals surface area (Å²) in [6.07, 6.45) is 3.24. The number of aromatic nitrogens is 3. The summed E-state index contributed by atoms with van der Waals surface area (Å²) in [6.45, 7) is 0. The molecule has 0 aliphatic carbocycles. The van der Waals surface area contributed by atoms with Crippen molar-refractivity contribution in [2.24, 2.45) is 0 Å². The second-order valence-electron chi connectivity index (χ2n) is 3.37. The number of carboxylic acids is 3. The van der Waals surface area contributed by atoms with Crippen molar-refractivity contribution in [3.05, 3.63) is 47.3 Å². The van der Waals surface area contributed by atoms with E-state index in [4.69, 9.17) is 15.3 Å². The average molecular weight is 279 g/mol. The first-order chi connectivity index (χ1) is 9.41.